The summed E-state index contributed by atoms with van der Waals surface area (Å²) in [6.07, 6.45) is 4.22. The monoisotopic (exact) mass is 346 g/mol. The number of carbonyl (C=O) groups is 1. The van der Waals surface area contributed by atoms with E-state index in [-0.39, 0.29) is 5.97 Å². The predicted molar refractivity (Wildman–Crippen MR) is 101 cm³/mol. The lowest BCUT2D eigenvalue weighted by atomic mass is 10.1. The quantitative estimate of drug-likeness (QED) is 0.506. The van der Waals surface area contributed by atoms with Crippen molar-refractivity contribution in [3.63, 3.8) is 0 Å². The summed E-state index contributed by atoms with van der Waals surface area (Å²) in [6, 6.07) is 3.95. The number of rotatable bonds is 7. The third-order valence-electron chi connectivity index (χ3n) is 3.10. The van der Waals surface area contributed by atoms with Crippen LogP contribution in [0.25, 0.3) is 6.08 Å². The molecule has 0 saturated carbocycles. The maximum Gasteiger partial charge on any atom is 0.341 e. The first-order valence-corrected chi connectivity index (χ1v) is 8.83. The Labute approximate surface area is 143 Å². The van der Waals surface area contributed by atoms with Gasteiger partial charge in [-0.25, -0.2) is 9.79 Å². The molecule has 2 heterocycles. The van der Waals surface area contributed by atoms with Crippen LogP contribution in [-0.2, 0) is 11.2 Å². The van der Waals surface area contributed by atoms with Crippen LogP contribution in [0.1, 0.15) is 39.5 Å². The average molecular weight is 346 g/mol. The Hall–Kier alpha value is -2.05. The minimum atomic E-state index is -0.361. The van der Waals surface area contributed by atoms with Gasteiger partial charge in [0.25, 0.3) is 0 Å². The second kappa shape index (κ2) is 7.99. The number of carbonyl (C=O) groups excluding carboxylic acids is 1. The molecule has 0 atom stereocenters. The zero-order valence-corrected chi connectivity index (χ0v) is 14.8. The highest BCUT2D eigenvalue weighted by Crippen LogP contribution is 2.42. The van der Waals surface area contributed by atoms with Gasteiger partial charge in [0.2, 0.25) is 0 Å². The van der Waals surface area contributed by atoms with Gasteiger partial charge < -0.3 is 4.74 Å². The fourth-order valence-electron chi connectivity index (χ4n) is 2.07. The first kappa shape index (κ1) is 17.3. The summed E-state index contributed by atoms with van der Waals surface area (Å²) in [7, 11) is 0. The zero-order chi connectivity index (χ0) is 16.8. The van der Waals surface area contributed by atoms with E-state index in [2.05, 4.69) is 23.3 Å². The summed E-state index contributed by atoms with van der Waals surface area (Å²) < 4.78 is 5.16. The molecule has 0 amide bonds. The Kier molecular flexibility index (Phi) is 6.01. The Balaban J connectivity index is 2.43. The Bertz CT molecular complexity index is 757. The zero-order valence-electron chi connectivity index (χ0n) is 13.2. The van der Waals surface area contributed by atoms with Gasteiger partial charge in [-0.3, -0.25) is 4.99 Å². The number of hydrogen-bond donors (Lipinski definition) is 0. The molecule has 0 spiro atoms. The van der Waals surface area contributed by atoms with Crippen LogP contribution >= 0.6 is 22.7 Å². The van der Waals surface area contributed by atoms with E-state index in [0.717, 1.165) is 20.3 Å². The summed E-state index contributed by atoms with van der Waals surface area (Å²) in [6.45, 7) is 11.4. The number of hydrogen-bond acceptors (Lipinski definition) is 6. The molecule has 0 aliphatic carbocycles. The van der Waals surface area contributed by atoms with Gasteiger partial charge in [-0.15, -0.1) is 11.3 Å². The van der Waals surface area contributed by atoms with Crippen molar-refractivity contribution < 1.29 is 9.53 Å². The van der Waals surface area contributed by atoms with Gasteiger partial charge in [0.05, 0.1) is 6.61 Å². The predicted octanol–water partition coefficient (Wildman–Crippen LogP) is 5.27. The molecule has 0 aliphatic rings. The normalized spacial score (nSPS) is 10.9. The van der Waals surface area contributed by atoms with E-state index >= 15 is 0 Å². The largest absolute Gasteiger partial charge is 0.462 e. The molecule has 6 heteroatoms. The van der Waals surface area contributed by atoms with E-state index in [0.29, 0.717) is 23.6 Å². The minimum absolute atomic E-state index is 0.325. The first-order valence-electron chi connectivity index (χ1n) is 7.20. The number of thiophene rings is 2. The van der Waals surface area contributed by atoms with Crippen LogP contribution < -0.4 is 0 Å². The van der Waals surface area contributed by atoms with Crippen LogP contribution in [0.3, 0.4) is 0 Å². The van der Waals surface area contributed by atoms with Crippen molar-refractivity contribution in [1.82, 2.24) is 0 Å². The molecular weight excluding hydrogens is 328 g/mol. The highest BCUT2D eigenvalue weighted by atomic mass is 32.1. The lowest BCUT2D eigenvalue weighted by Gasteiger charge is -2.03. The van der Waals surface area contributed by atoms with E-state index in [1.165, 1.54) is 11.3 Å². The summed E-state index contributed by atoms with van der Waals surface area (Å²) in [5, 5.41) is 1.33. The molecule has 120 valence electrons. The molecule has 0 N–H and O–H groups in total. The van der Waals surface area contributed by atoms with Crippen molar-refractivity contribution in [3.8, 4) is 0 Å². The number of esters is 1. The number of nitrogens with zero attached hydrogens (tertiary/aromatic N) is 2. The van der Waals surface area contributed by atoms with Crippen LogP contribution in [0.4, 0.5) is 10.0 Å². The second-order valence-corrected chi connectivity index (χ2v) is 6.62. The average Bonchev–Trinajstić information content (AvgIpc) is 3.16. The molecule has 0 bridgehead atoms. The summed E-state index contributed by atoms with van der Waals surface area (Å²) in [4.78, 5) is 22.8. The third-order valence-corrected chi connectivity index (χ3v) is 5.19. The maximum absolute atomic E-state index is 12.3. The molecule has 0 aliphatic heterocycles. The lowest BCUT2D eigenvalue weighted by molar-refractivity contribution is 0.0527. The summed E-state index contributed by atoms with van der Waals surface area (Å²) in [5.74, 6) is -0.361. The van der Waals surface area contributed by atoms with Crippen molar-refractivity contribution in [1.29, 1.82) is 0 Å². The third kappa shape index (κ3) is 3.83. The molecule has 0 saturated heterocycles. The van der Waals surface area contributed by atoms with E-state index in [9.17, 15) is 4.79 Å². The molecule has 0 aromatic carbocycles. The van der Waals surface area contributed by atoms with Crippen molar-refractivity contribution in [2.24, 2.45) is 9.98 Å². The van der Waals surface area contributed by atoms with E-state index in [1.807, 2.05) is 19.1 Å². The second-order valence-electron chi connectivity index (χ2n) is 4.50. The van der Waals surface area contributed by atoms with Crippen molar-refractivity contribution in [2.75, 3.05) is 6.61 Å². The standard InChI is InChI=1S/C17H18N2O2S2/c1-5-11-8-9-12(22-11)10-19-16-14(17(20)21-7-3)13(6-2)15(18-4)23-16/h5,8-10H,1,4,6-7H2,2-3H3. The minimum Gasteiger partial charge on any atom is -0.462 e. The van der Waals surface area contributed by atoms with Crippen LogP contribution in [0, 0.1) is 0 Å². The molecule has 23 heavy (non-hydrogen) atoms. The van der Waals surface area contributed by atoms with Crippen LogP contribution in [0.15, 0.2) is 28.7 Å². The van der Waals surface area contributed by atoms with Gasteiger partial charge in [-0.05, 0) is 32.2 Å². The SMILES string of the molecule is C=Cc1ccc(C=Nc2sc(N=C)c(CC)c2C(=O)OCC)s1. The van der Waals surface area contributed by atoms with E-state index < -0.39 is 0 Å². The first-order chi connectivity index (χ1) is 11.1. The molecule has 0 fully saturated rings. The van der Waals surface area contributed by atoms with E-state index in [1.54, 1.807) is 30.6 Å². The van der Waals surface area contributed by atoms with Gasteiger partial charge in [0.15, 0.2) is 0 Å². The van der Waals surface area contributed by atoms with Gasteiger partial charge in [0.1, 0.15) is 15.6 Å². The van der Waals surface area contributed by atoms with Crippen molar-refractivity contribution in [3.05, 3.63) is 39.6 Å². The Morgan fingerprint density at radius 2 is 2.00 bits per heavy atom. The van der Waals surface area contributed by atoms with Crippen LogP contribution in [0.2, 0.25) is 0 Å². The molecule has 2 aromatic heterocycles. The molecule has 4 nitrogen and oxygen atoms in total. The van der Waals surface area contributed by atoms with Gasteiger partial charge >= 0.3 is 5.97 Å². The smallest absolute Gasteiger partial charge is 0.341 e. The van der Waals surface area contributed by atoms with Crippen molar-refractivity contribution in [2.45, 2.75) is 20.3 Å². The van der Waals surface area contributed by atoms with Crippen LogP contribution in [-0.4, -0.2) is 25.5 Å². The fraction of sp³-hybridized carbons (Fsp3) is 0.235. The molecule has 2 aromatic rings. The Morgan fingerprint density at radius 3 is 2.57 bits per heavy atom. The van der Waals surface area contributed by atoms with Crippen molar-refractivity contribution >= 4 is 57.7 Å². The topological polar surface area (TPSA) is 51.0 Å². The summed E-state index contributed by atoms with van der Waals surface area (Å²) in [5.41, 5.74) is 1.34. The molecule has 0 radical (unpaired) electrons. The highest BCUT2D eigenvalue weighted by molar-refractivity contribution is 7.20. The number of aliphatic imine (C=N–C) groups is 2. The molecular formula is C17H18N2O2S2. The van der Waals surface area contributed by atoms with Crippen LogP contribution in [0.5, 0.6) is 0 Å². The lowest BCUT2D eigenvalue weighted by Crippen LogP contribution is -2.06. The van der Waals surface area contributed by atoms with E-state index in [4.69, 9.17) is 4.74 Å². The van der Waals surface area contributed by atoms with Gasteiger partial charge in [-0.2, -0.15) is 0 Å². The highest BCUT2D eigenvalue weighted by Gasteiger charge is 2.23. The number of ether oxygens (including phenoxy) is 1. The molecule has 0 unspecified atom stereocenters. The Morgan fingerprint density at radius 1 is 1.26 bits per heavy atom. The van der Waals surface area contributed by atoms with Gasteiger partial charge in [-0.1, -0.05) is 30.9 Å². The summed E-state index contributed by atoms with van der Waals surface area (Å²) >= 11 is 2.94. The molecule has 2 rings (SSSR count). The van der Waals surface area contributed by atoms with Gasteiger partial charge in [0, 0.05) is 21.5 Å². The fourth-order valence-corrected chi connectivity index (χ4v) is 3.83. The maximum atomic E-state index is 12.3.